The summed E-state index contributed by atoms with van der Waals surface area (Å²) in [6.07, 6.45) is 0.0944. The molecule has 0 spiro atoms. The third-order valence-corrected chi connectivity index (χ3v) is 4.29. The van der Waals surface area contributed by atoms with Crippen molar-refractivity contribution in [3.05, 3.63) is 75.6 Å². The number of nitrogens with two attached hydrogens (primary N) is 1. The van der Waals surface area contributed by atoms with Gasteiger partial charge in [0.25, 0.3) is 5.69 Å². The lowest BCUT2D eigenvalue weighted by Crippen LogP contribution is -2.54. The number of hydrogen-bond acceptors (Lipinski definition) is 5. The van der Waals surface area contributed by atoms with E-state index in [4.69, 9.17) is 5.73 Å². The number of nitrogens with one attached hydrogen (secondary N) is 2. The maximum Gasteiger partial charge on any atom is 0.269 e. The number of hydrogen-bond donors (Lipinski definition) is 3. The lowest BCUT2D eigenvalue weighted by molar-refractivity contribution is -0.384. The second-order valence-electron chi connectivity index (χ2n) is 6.67. The van der Waals surface area contributed by atoms with E-state index in [1.54, 1.807) is 0 Å². The predicted molar refractivity (Wildman–Crippen MR) is 106 cm³/mol. The first-order valence-electron chi connectivity index (χ1n) is 9.00. The Balaban J connectivity index is 2.12. The summed E-state index contributed by atoms with van der Waals surface area (Å²) in [5.74, 6) is -2.33. The van der Waals surface area contributed by atoms with Gasteiger partial charge in [-0.05, 0) is 23.3 Å². The predicted octanol–water partition coefficient (Wildman–Crippen LogP) is 0.994. The summed E-state index contributed by atoms with van der Waals surface area (Å²) in [6, 6.07) is 8.83. The maximum atomic E-state index is 13.1. The fourth-order valence-electron chi connectivity index (χ4n) is 2.80. The largest absolute Gasteiger partial charge is 0.368 e. The van der Waals surface area contributed by atoms with Gasteiger partial charge in [-0.15, -0.1) is 0 Å². The van der Waals surface area contributed by atoms with Crippen LogP contribution in [0.15, 0.2) is 48.5 Å². The molecule has 2 rings (SSSR count). The van der Waals surface area contributed by atoms with Crippen LogP contribution in [0.3, 0.4) is 0 Å². The second-order valence-corrected chi connectivity index (χ2v) is 6.67. The van der Waals surface area contributed by atoms with Crippen molar-refractivity contribution in [2.45, 2.75) is 31.8 Å². The van der Waals surface area contributed by atoms with Crippen molar-refractivity contribution < 1.29 is 23.7 Å². The lowest BCUT2D eigenvalue weighted by atomic mass is 10.0. The minimum absolute atomic E-state index is 0.0163. The highest BCUT2D eigenvalue weighted by Gasteiger charge is 2.25. The van der Waals surface area contributed by atoms with E-state index in [0.29, 0.717) is 11.1 Å². The van der Waals surface area contributed by atoms with Gasteiger partial charge in [0, 0.05) is 31.9 Å². The molecule has 2 atom stereocenters. The summed E-state index contributed by atoms with van der Waals surface area (Å²) >= 11 is 0. The topological polar surface area (TPSA) is 144 Å². The molecule has 0 saturated heterocycles. The van der Waals surface area contributed by atoms with Crippen LogP contribution in [0.5, 0.6) is 0 Å². The number of carbonyl (C=O) groups is 3. The van der Waals surface area contributed by atoms with Gasteiger partial charge in [0.15, 0.2) is 0 Å². The number of non-ortho nitro benzene ring substituents is 1. The van der Waals surface area contributed by atoms with E-state index >= 15 is 0 Å². The van der Waals surface area contributed by atoms with Gasteiger partial charge in [0.2, 0.25) is 17.7 Å². The van der Waals surface area contributed by atoms with Crippen LogP contribution < -0.4 is 16.4 Å². The molecule has 0 bridgehead atoms. The van der Waals surface area contributed by atoms with Crippen LogP contribution in [0.1, 0.15) is 18.1 Å². The molecule has 2 aromatic rings. The van der Waals surface area contributed by atoms with Gasteiger partial charge >= 0.3 is 0 Å². The Morgan fingerprint density at radius 1 is 0.967 bits per heavy atom. The van der Waals surface area contributed by atoms with Gasteiger partial charge in [0.05, 0.1) is 4.92 Å². The van der Waals surface area contributed by atoms with Crippen LogP contribution in [0.4, 0.5) is 10.1 Å². The zero-order valence-electron chi connectivity index (χ0n) is 16.1. The van der Waals surface area contributed by atoms with Crippen molar-refractivity contribution in [1.29, 1.82) is 0 Å². The lowest BCUT2D eigenvalue weighted by Gasteiger charge is -2.22. The van der Waals surface area contributed by atoms with Crippen LogP contribution in [-0.4, -0.2) is 34.7 Å². The third-order valence-electron chi connectivity index (χ3n) is 4.29. The Labute approximate surface area is 171 Å². The number of nitrogens with zero attached hydrogens (tertiary/aromatic N) is 1. The Morgan fingerprint density at radius 3 is 1.93 bits per heavy atom. The molecule has 0 aliphatic carbocycles. The number of nitro benzene ring substituents is 1. The first-order chi connectivity index (χ1) is 14.2. The molecule has 0 aliphatic rings. The average molecular weight is 416 g/mol. The van der Waals surface area contributed by atoms with Gasteiger partial charge in [-0.25, -0.2) is 4.39 Å². The zero-order valence-corrected chi connectivity index (χ0v) is 16.1. The number of halogens is 1. The van der Waals surface area contributed by atoms with Gasteiger partial charge in [-0.2, -0.15) is 0 Å². The molecular formula is C20H21FN4O5. The Hall–Kier alpha value is -3.82. The highest BCUT2D eigenvalue weighted by atomic mass is 19.1. The Morgan fingerprint density at radius 2 is 1.47 bits per heavy atom. The van der Waals surface area contributed by atoms with Gasteiger partial charge in [-0.3, -0.25) is 24.5 Å². The molecule has 3 amide bonds. The monoisotopic (exact) mass is 416 g/mol. The molecule has 4 N–H and O–H groups in total. The van der Waals surface area contributed by atoms with E-state index in [9.17, 15) is 28.9 Å². The smallest absolute Gasteiger partial charge is 0.269 e. The number of amides is 3. The number of nitro groups is 1. The molecule has 0 radical (unpaired) electrons. The molecule has 0 unspecified atom stereocenters. The fourth-order valence-corrected chi connectivity index (χ4v) is 2.80. The molecule has 0 saturated carbocycles. The van der Waals surface area contributed by atoms with Gasteiger partial charge in [0.1, 0.15) is 17.9 Å². The molecule has 10 heteroatoms. The second kappa shape index (κ2) is 10.1. The van der Waals surface area contributed by atoms with E-state index in [0.717, 1.165) is 0 Å². The molecule has 0 aromatic heterocycles. The molecule has 2 aromatic carbocycles. The van der Waals surface area contributed by atoms with Gasteiger partial charge < -0.3 is 16.4 Å². The molecule has 30 heavy (non-hydrogen) atoms. The number of benzene rings is 2. The summed E-state index contributed by atoms with van der Waals surface area (Å²) in [5.41, 5.74) is 6.45. The zero-order chi connectivity index (χ0) is 22.3. The van der Waals surface area contributed by atoms with Crippen LogP contribution >= 0.6 is 0 Å². The molecule has 0 fully saturated rings. The minimum Gasteiger partial charge on any atom is -0.368 e. The van der Waals surface area contributed by atoms with E-state index in [1.165, 1.54) is 55.5 Å². The number of primary amides is 1. The molecule has 0 heterocycles. The van der Waals surface area contributed by atoms with Crippen molar-refractivity contribution in [3.8, 4) is 0 Å². The molecule has 158 valence electrons. The highest BCUT2D eigenvalue weighted by Crippen LogP contribution is 2.13. The summed E-state index contributed by atoms with van der Waals surface area (Å²) in [5, 5.41) is 15.7. The van der Waals surface area contributed by atoms with Crippen molar-refractivity contribution in [3.63, 3.8) is 0 Å². The maximum absolute atomic E-state index is 13.1. The number of carbonyl (C=O) groups excluding carboxylic acids is 3. The molecule has 9 nitrogen and oxygen atoms in total. The van der Waals surface area contributed by atoms with Gasteiger partial charge in [-0.1, -0.05) is 24.3 Å². The summed E-state index contributed by atoms with van der Waals surface area (Å²) < 4.78 is 13.1. The SMILES string of the molecule is CC(=O)N[C@H](Cc1ccc(F)cc1)C(=O)N[C@@H](Cc1ccc([N+](=O)[O-])cc1)C(N)=O. The van der Waals surface area contributed by atoms with Crippen molar-refractivity contribution in [2.75, 3.05) is 0 Å². The fraction of sp³-hybridized carbons (Fsp3) is 0.250. The van der Waals surface area contributed by atoms with Crippen LogP contribution in [0, 0.1) is 15.9 Å². The molecule has 0 aliphatic heterocycles. The van der Waals surface area contributed by atoms with E-state index in [-0.39, 0.29) is 18.5 Å². The molecular weight excluding hydrogens is 395 g/mol. The van der Waals surface area contributed by atoms with E-state index in [1.807, 2.05) is 0 Å². The summed E-state index contributed by atoms with van der Waals surface area (Å²) in [6.45, 7) is 1.24. The number of rotatable bonds is 9. The van der Waals surface area contributed by atoms with E-state index in [2.05, 4.69) is 10.6 Å². The summed E-state index contributed by atoms with van der Waals surface area (Å²) in [7, 11) is 0. The quantitative estimate of drug-likeness (QED) is 0.412. The van der Waals surface area contributed by atoms with E-state index < -0.39 is 40.5 Å². The standard InChI is InChI=1S/C20H21FN4O5/c1-12(26)23-18(11-13-2-6-15(21)7-3-13)20(28)24-17(19(22)27)10-14-4-8-16(9-5-14)25(29)30/h2-9,17-18H,10-11H2,1H3,(H2,22,27)(H,23,26)(H,24,28)/t17-,18+/m0/s1. The first-order valence-corrected chi connectivity index (χ1v) is 9.00. The van der Waals surface area contributed by atoms with Crippen LogP contribution in [0.25, 0.3) is 0 Å². The first kappa shape index (κ1) is 22.5. The van der Waals surface area contributed by atoms with Crippen LogP contribution in [-0.2, 0) is 27.2 Å². The van der Waals surface area contributed by atoms with Crippen molar-refractivity contribution in [1.82, 2.24) is 10.6 Å². The summed E-state index contributed by atoms with van der Waals surface area (Å²) in [4.78, 5) is 46.2. The minimum atomic E-state index is -1.09. The third kappa shape index (κ3) is 6.66. The van der Waals surface area contributed by atoms with Crippen LogP contribution in [0.2, 0.25) is 0 Å². The Kier molecular flexibility index (Phi) is 7.56. The normalized spacial score (nSPS) is 12.5. The van der Waals surface area contributed by atoms with Crippen molar-refractivity contribution in [2.24, 2.45) is 5.73 Å². The highest BCUT2D eigenvalue weighted by molar-refractivity contribution is 5.91. The Bertz CT molecular complexity index is 931. The van der Waals surface area contributed by atoms with Crippen molar-refractivity contribution >= 4 is 23.4 Å². The average Bonchev–Trinajstić information content (AvgIpc) is 2.68.